The molecular weight excluding hydrogens is 331 g/mol. The predicted molar refractivity (Wildman–Crippen MR) is 89.7 cm³/mol. The lowest BCUT2D eigenvalue weighted by molar-refractivity contribution is -0.137. The van der Waals surface area contributed by atoms with E-state index >= 15 is 0 Å². The molecule has 2 aromatic rings. The molecule has 25 heavy (non-hydrogen) atoms. The molecule has 0 bridgehead atoms. The van der Waals surface area contributed by atoms with Crippen LogP contribution in [0.5, 0.6) is 5.75 Å². The fourth-order valence-corrected chi connectivity index (χ4v) is 2.28. The first-order valence-corrected chi connectivity index (χ1v) is 7.97. The standard InChI is InChI=1S/C19H20F3NO2/c1-3-16(23-18(24)14-7-4-6-13(2)10-14)12-25-17-9-5-8-15(11-17)19(20,21)22/h4-11,16H,3,12H2,1-2H3,(H,23,24). The first kappa shape index (κ1) is 18.8. The second kappa shape index (κ2) is 8.05. The SMILES string of the molecule is CCC(COc1cccc(C(F)(F)F)c1)NC(=O)c1cccc(C)c1. The number of halogens is 3. The molecule has 0 radical (unpaired) electrons. The summed E-state index contributed by atoms with van der Waals surface area (Å²) in [5, 5.41) is 2.84. The van der Waals surface area contributed by atoms with E-state index in [1.165, 1.54) is 12.1 Å². The molecule has 0 spiro atoms. The number of hydrogen-bond acceptors (Lipinski definition) is 2. The fraction of sp³-hybridized carbons (Fsp3) is 0.316. The van der Waals surface area contributed by atoms with Crippen molar-refractivity contribution < 1.29 is 22.7 Å². The minimum absolute atomic E-state index is 0.0926. The number of hydrogen-bond donors (Lipinski definition) is 1. The third-order valence-electron chi connectivity index (χ3n) is 3.72. The lowest BCUT2D eigenvalue weighted by Crippen LogP contribution is -2.38. The van der Waals surface area contributed by atoms with Crippen LogP contribution in [0.4, 0.5) is 13.2 Å². The molecule has 0 aromatic heterocycles. The average molecular weight is 351 g/mol. The zero-order valence-corrected chi connectivity index (χ0v) is 14.1. The molecule has 2 rings (SSSR count). The highest BCUT2D eigenvalue weighted by Gasteiger charge is 2.30. The first-order valence-electron chi connectivity index (χ1n) is 7.97. The largest absolute Gasteiger partial charge is 0.491 e. The molecule has 2 aromatic carbocycles. The van der Waals surface area contributed by atoms with Crippen LogP contribution in [0, 0.1) is 6.92 Å². The van der Waals surface area contributed by atoms with Crippen LogP contribution in [0.15, 0.2) is 48.5 Å². The van der Waals surface area contributed by atoms with E-state index in [-0.39, 0.29) is 24.3 Å². The molecular formula is C19H20F3NO2. The van der Waals surface area contributed by atoms with Crippen LogP contribution < -0.4 is 10.1 Å². The van der Waals surface area contributed by atoms with E-state index in [0.29, 0.717) is 12.0 Å². The highest BCUT2D eigenvalue weighted by atomic mass is 19.4. The number of amides is 1. The van der Waals surface area contributed by atoms with Gasteiger partial charge in [0, 0.05) is 5.56 Å². The molecule has 0 heterocycles. The molecule has 1 atom stereocenters. The number of alkyl halides is 3. The fourth-order valence-electron chi connectivity index (χ4n) is 2.28. The number of carbonyl (C=O) groups excluding carboxylic acids is 1. The van der Waals surface area contributed by atoms with E-state index in [1.54, 1.807) is 18.2 Å². The summed E-state index contributed by atoms with van der Waals surface area (Å²) in [6, 6.07) is 11.6. The van der Waals surface area contributed by atoms with Crippen LogP contribution in [0.3, 0.4) is 0 Å². The van der Waals surface area contributed by atoms with Crippen molar-refractivity contribution in [3.63, 3.8) is 0 Å². The van der Waals surface area contributed by atoms with Crippen molar-refractivity contribution >= 4 is 5.91 Å². The Morgan fingerprint density at radius 1 is 1.16 bits per heavy atom. The van der Waals surface area contributed by atoms with Crippen molar-refractivity contribution in [3.8, 4) is 5.75 Å². The summed E-state index contributed by atoms with van der Waals surface area (Å²) in [5.41, 5.74) is 0.750. The van der Waals surface area contributed by atoms with Crippen LogP contribution in [0.2, 0.25) is 0 Å². The molecule has 0 saturated carbocycles. The minimum atomic E-state index is -4.41. The molecule has 1 N–H and O–H groups in total. The number of aryl methyl sites for hydroxylation is 1. The number of nitrogens with one attached hydrogen (secondary N) is 1. The van der Waals surface area contributed by atoms with Gasteiger partial charge < -0.3 is 10.1 Å². The van der Waals surface area contributed by atoms with E-state index in [0.717, 1.165) is 17.7 Å². The lowest BCUT2D eigenvalue weighted by atomic mass is 10.1. The van der Waals surface area contributed by atoms with E-state index < -0.39 is 11.7 Å². The van der Waals surface area contributed by atoms with Gasteiger partial charge in [0.15, 0.2) is 0 Å². The number of carbonyl (C=O) groups is 1. The maximum atomic E-state index is 12.7. The Hall–Kier alpha value is -2.50. The smallest absolute Gasteiger partial charge is 0.416 e. The van der Waals surface area contributed by atoms with E-state index in [2.05, 4.69) is 5.32 Å². The number of benzene rings is 2. The second-order valence-corrected chi connectivity index (χ2v) is 5.78. The molecule has 0 aliphatic heterocycles. The normalized spacial score (nSPS) is 12.5. The number of rotatable bonds is 6. The molecule has 0 saturated heterocycles. The Morgan fingerprint density at radius 3 is 2.52 bits per heavy atom. The lowest BCUT2D eigenvalue weighted by Gasteiger charge is -2.18. The van der Waals surface area contributed by atoms with E-state index in [4.69, 9.17) is 4.74 Å². The molecule has 3 nitrogen and oxygen atoms in total. The van der Waals surface area contributed by atoms with Crippen molar-refractivity contribution in [1.82, 2.24) is 5.32 Å². The van der Waals surface area contributed by atoms with Crippen LogP contribution in [0.1, 0.15) is 34.8 Å². The van der Waals surface area contributed by atoms with E-state index in [9.17, 15) is 18.0 Å². The summed E-state index contributed by atoms with van der Waals surface area (Å²) in [4.78, 5) is 12.2. The molecule has 134 valence electrons. The quantitative estimate of drug-likeness (QED) is 0.826. The third-order valence-corrected chi connectivity index (χ3v) is 3.72. The van der Waals surface area contributed by atoms with Gasteiger partial charge in [-0.15, -0.1) is 0 Å². The maximum Gasteiger partial charge on any atom is 0.416 e. The Labute approximate surface area is 144 Å². The van der Waals surface area contributed by atoms with E-state index in [1.807, 2.05) is 19.9 Å². The summed E-state index contributed by atoms with van der Waals surface area (Å²) in [7, 11) is 0. The van der Waals surface area contributed by atoms with Crippen molar-refractivity contribution in [2.75, 3.05) is 6.61 Å². The van der Waals surface area contributed by atoms with Gasteiger partial charge in [-0.05, 0) is 43.7 Å². The molecule has 6 heteroatoms. The average Bonchev–Trinajstić information content (AvgIpc) is 2.58. The minimum Gasteiger partial charge on any atom is -0.491 e. The second-order valence-electron chi connectivity index (χ2n) is 5.78. The molecule has 0 aliphatic rings. The van der Waals surface area contributed by atoms with Crippen molar-refractivity contribution in [2.45, 2.75) is 32.5 Å². The van der Waals surface area contributed by atoms with Gasteiger partial charge in [0.2, 0.25) is 0 Å². The summed E-state index contributed by atoms with van der Waals surface area (Å²) in [5.74, 6) is -0.110. The van der Waals surface area contributed by atoms with Crippen LogP contribution in [0.25, 0.3) is 0 Å². The Morgan fingerprint density at radius 2 is 1.88 bits per heavy atom. The predicted octanol–water partition coefficient (Wildman–Crippen LogP) is 4.60. The van der Waals surface area contributed by atoms with Gasteiger partial charge in [-0.25, -0.2) is 0 Å². The monoisotopic (exact) mass is 351 g/mol. The first-order chi connectivity index (χ1) is 11.8. The Kier molecular flexibility index (Phi) is 6.07. The van der Waals surface area contributed by atoms with Gasteiger partial charge in [0.05, 0.1) is 11.6 Å². The van der Waals surface area contributed by atoms with Crippen molar-refractivity contribution in [1.29, 1.82) is 0 Å². The van der Waals surface area contributed by atoms with Crippen LogP contribution in [-0.4, -0.2) is 18.6 Å². The summed E-state index contributed by atoms with van der Waals surface area (Å²) in [6.07, 6.45) is -3.82. The van der Waals surface area contributed by atoms with Gasteiger partial charge in [-0.3, -0.25) is 4.79 Å². The van der Waals surface area contributed by atoms with Gasteiger partial charge in [-0.2, -0.15) is 13.2 Å². The molecule has 0 fully saturated rings. The zero-order valence-electron chi connectivity index (χ0n) is 14.1. The number of ether oxygens (including phenoxy) is 1. The zero-order chi connectivity index (χ0) is 18.4. The molecule has 0 aliphatic carbocycles. The van der Waals surface area contributed by atoms with Gasteiger partial charge >= 0.3 is 6.18 Å². The van der Waals surface area contributed by atoms with Crippen molar-refractivity contribution in [3.05, 3.63) is 65.2 Å². The van der Waals surface area contributed by atoms with Gasteiger partial charge in [0.1, 0.15) is 12.4 Å². The topological polar surface area (TPSA) is 38.3 Å². The van der Waals surface area contributed by atoms with Crippen molar-refractivity contribution in [2.24, 2.45) is 0 Å². The van der Waals surface area contributed by atoms with Gasteiger partial charge in [-0.1, -0.05) is 30.7 Å². The van der Waals surface area contributed by atoms with Crippen LogP contribution >= 0.6 is 0 Å². The maximum absolute atomic E-state index is 12.7. The molecule has 1 amide bonds. The molecule has 1 unspecified atom stereocenters. The highest BCUT2D eigenvalue weighted by molar-refractivity contribution is 5.94. The Balaban J connectivity index is 1.97. The highest BCUT2D eigenvalue weighted by Crippen LogP contribution is 2.31. The van der Waals surface area contributed by atoms with Crippen LogP contribution in [-0.2, 0) is 6.18 Å². The van der Waals surface area contributed by atoms with Gasteiger partial charge in [0.25, 0.3) is 5.91 Å². The summed E-state index contributed by atoms with van der Waals surface area (Å²) in [6.45, 7) is 3.86. The Bertz CT molecular complexity index is 729. The summed E-state index contributed by atoms with van der Waals surface area (Å²) < 4.78 is 43.6. The summed E-state index contributed by atoms with van der Waals surface area (Å²) >= 11 is 0. The third kappa shape index (κ3) is 5.52.